The number of hydrogen-bond donors (Lipinski definition) is 1. The van der Waals surface area contributed by atoms with Gasteiger partial charge in [0.1, 0.15) is 0 Å². The molecule has 0 fully saturated rings. The lowest BCUT2D eigenvalue weighted by Gasteiger charge is -2.30. The molecule has 0 amide bonds. The van der Waals surface area contributed by atoms with E-state index in [0.29, 0.717) is 6.61 Å². The van der Waals surface area contributed by atoms with Crippen LogP contribution in [0.3, 0.4) is 0 Å². The van der Waals surface area contributed by atoms with E-state index < -0.39 is 0 Å². The Morgan fingerprint density at radius 3 is 3.00 bits per heavy atom. The maximum absolute atomic E-state index is 11.8. The number of benzene rings is 1. The average Bonchev–Trinajstić information content (AvgIpc) is 2.28. The zero-order valence-electron chi connectivity index (χ0n) is 9.69. The molecule has 0 bridgehead atoms. The number of nitrogens with one attached hydrogen (secondary N) is 1. The van der Waals surface area contributed by atoms with Crippen LogP contribution < -0.4 is 5.32 Å². The molecule has 0 saturated heterocycles. The molecule has 86 valence electrons. The minimum atomic E-state index is -0.1000. The van der Waals surface area contributed by atoms with Crippen LogP contribution >= 0.6 is 0 Å². The van der Waals surface area contributed by atoms with Gasteiger partial charge in [-0.2, -0.15) is 0 Å². The Kier molecular flexibility index (Phi) is 3.13. The van der Waals surface area contributed by atoms with Crippen molar-refractivity contribution in [2.45, 2.75) is 26.3 Å². The number of carbonyl (C=O) groups is 1. The minimum absolute atomic E-state index is 0.0742. The molecule has 3 heteroatoms. The largest absolute Gasteiger partial charge is 0.466 e. The number of ether oxygens (including phenoxy) is 1. The number of para-hydroxylation sites is 1. The van der Waals surface area contributed by atoms with Crippen LogP contribution in [0.5, 0.6) is 0 Å². The van der Waals surface area contributed by atoms with Crippen molar-refractivity contribution in [3.05, 3.63) is 29.8 Å². The third kappa shape index (κ3) is 2.03. The fraction of sp³-hybridized carbons (Fsp3) is 0.462. The third-order valence-corrected chi connectivity index (χ3v) is 3.03. The molecular formula is C13H17NO2. The van der Waals surface area contributed by atoms with Crippen LogP contribution in [0.15, 0.2) is 24.3 Å². The molecule has 0 saturated carbocycles. The van der Waals surface area contributed by atoms with Crippen molar-refractivity contribution in [1.29, 1.82) is 0 Å². The summed E-state index contributed by atoms with van der Waals surface area (Å²) in [5, 5.41) is 3.35. The summed E-state index contributed by atoms with van der Waals surface area (Å²) < 4.78 is 5.09. The zero-order chi connectivity index (χ0) is 11.5. The van der Waals surface area contributed by atoms with Crippen LogP contribution in [0.25, 0.3) is 0 Å². The Bertz CT molecular complexity index is 389. The Balaban J connectivity index is 2.18. The van der Waals surface area contributed by atoms with E-state index in [1.54, 1.807) is 0 Å². The van der Waals surface area contributed by atoms with Crippen LogP contribution in [-0.2, 0) is 16.0 Å². The lowest BCUT2D eigenvalue weighted by atomic mass is 9.88. The third-order valence-electron chi connectivity index (χ3n) is 3.03. The molecule has 1 aromatic rings. The maximum Gasteiger partial charge on any atom is 0.311 e. The number of esters is 1. The molecule has 0 radical (unpaired) electrons. The predicted molar refractivity (Wildman–Crippen MR) is 63.4 cm³/mol. The summed E-state index contributed by atoms with van der Waals surface area (Å²) >= 11 is 0. The van der Waals surface area contributed by atoms with Gasteiger partial charge in [0.05, 0.1) is 12.5 Å². The fourth-order valence-corrected chi connectivity index (χ4v) is 2.14. The second kappa shape index (κ2) is 4.56. The van der Waals surface area contributed by atoms with Crippen LogP contribution in [0.4, 0.5) is 5.69 Å². The first kappa shape index (κ1) is 11.0. The zero-order valence-corrected chi connectivity index (χ0v) is 9.69. The fourth-order valence-electron chi connectivity index (χ4n) is 2.14. The van der Waals surface area contributed by atoms with Gasteiger partial charge in [-0.1, -0.05) is 18.2 Å². The first-order chi connectivity index (χ1) is 7.72. The highest BCUT2D eigenvalue weighted by atomic mass is 16.5. The predicted octanol–water partition coefficient (Wildman–Crippen LogP) is 2.22. The first-order valence-electron chi connectivity index (χ1n) is 5.73. The highest BCUT2D eigenvalue weighted by Gasteiger charge is 2.31. The van der Waals surface area contributed by atoms with Gasteiger partial charge in [-0.3, -0.25) is 4.79 Å². The topological polar surface area (TPSA) is 38.3 Å². The average molecular weight is 219 g/mol. The van der Waals surface area contributed by atoms with E-state index in [2.05, 4.69) is 11.4 Å². The smallest absolute Gasteiger partial charge is 0.311 e. The van der Waals surface area contributed by atoms with Crippen molar-refractivity contribution in [3.63, 3.8) is 0 Å². The van der Waals surface area contributed by atoms with Crippen LogP contribution in [0.2, 0.25) is 0 Å². The summed E-state index contributed by atoms with van der Waals surface area (Å²) in [6.07, 6.45) is 0.767. The lowest BCUT2D eigenvalue weighted by Crippen LogP contribution is -2.38. The molecular weight excluding hydrogens is 202 g/mol. The molecule has 2 rings (SSSR count). The van der Waals surface area contributed by atoms with Crippen molar-refractivity contribution in [2.75, 3.05) is 11.9 Å². The molecule has 3 nitrogen and oxygen atoms in total. The van der Waals surface area contributed by atoms with Gasteiger partial charge in [0.15, 0.2) is 0 Å². The molecule has 0 spiro atoms. The van der Waals surface area contributed by atoms with Crippen LogP contribution in [0, 0.1) is 5.92 Å². The van der Waals surface area contributed by atoms with Crippen LogP contribution in [-0.4, -0.2) is 18.6 Å². The molecule has 1 aliphatic rings. The van der Waals surface area contributed by atoms with Gasteiger partial charge in [-0.25, -0.2) is 0 Å². The number of hydrogen-bond acceptors (Lipinski definition) is 3. The Hall–Kier alpha value is -1.51. The monoisotopic (exact) mass is 219 g/mol. The molecule has 1 heterocycles. The summed E-state index contributed by atoms with van der Waals surface area (Å²) in [6, 6.07) is 8.24. The Morgan fingerprint density at radius 1 is 1.50 bits per heavy atom. The first-order valence-corrected chi connectivity index (χ1v) is 5.73. The van der Waals surface area contributed by atoms with Gasteiger partial charge in [-0.15, -0.1) is 0 Å². The van der Waals surface area contributed by atoms with Crippen molar-refractivity contribution in [2.24, 2.45) is 5.92 Å². The van der Waals surface area contributed by atoms with E-state index in [1.807, 2.05) is 32.0 Å². The van der Waals surface area contributed by atoms with Gasteiger partial charge in [0.25, 0.3) is 0 Å². The molecule has 0 aliphatic carbocycles. The van der Waals surface area contributed by atoms with E-state index in [9.17, 15) is 4.79 Å². The minimum Gasteiger partial charge on any atom is -0.466 e. The van der Waals surface area contributed by atoms with Gasteiger partial charge < -0.3 is 10.1 Å². The van der Waals surface area contributed by atoms with E-state index in [-0.39, 0.29) is 17.9 Å². The van der Waals surface area contributed by atoms with Crippen molar-refractivity contribution in [1.82, 2.24) is 0 Å². The molecule has 1 aliphatic heterocycles. The normalized spacial score (nSPS) is 23.1. The van der Waals surface area contributed by atoms with E-state index >= 15 is 0 Å². The molecule has 1 unspecified atom stereocenters. The lowest BCUT2D eigenvalue weighted by molar-refractivity contribution is -0.148. The van der Waals surface area contributed by atoms with Gasteiger partial charge in [-0.05, 0) is 31.9 Å². The Morgan fingerprint density at radius 2 is 2.25 bits per heavy atom. The second-order valence-corrected chi connectivity index (χ2v) is 4.15. The van der Waals surface area contributed by atoms with E-state index in [1.165, 1.54) is 5.56 Å². The highest BCUT2D eigenvalue weighted by molar-refractivity contribution is 5.76. The van der Waals surface area contributed by atoms with E-state index in [4.69, 9.17) is 4.74 Å². The highest BCUT2D eigenvalue weighted by Crippen LogP contribution is 2.28. The number of anilines is 1. The quantitative estimate of drug-likeness (QED) is 0.775. The summed E-state index contributed by atoms with van der Waals surface area (Å²) in [4.78, 5) is 11.8. The maximum atomic E-state index is 11.8. The second-order valence-electron chi connectivity index (χ2n) is 4.15. The standard InChI is InChI=1S/C13H17NO2/c1-3-16-13(15)11-8-10-6-4-5-7-12(10)14-9(11)2/h4-7,9,11,14H,3,8H2,1-2H3/t9-,11?/m1/s1. The molecule has 16 heavy (non-hydrogen) atoms. The molecule has 1 N–H and O–H groups in total. The summed E-state index contributed by atoms with van der Waals surface area (Å²) in [6.45, 7) is 4.31. The van der Waals surface area contributed by atoms with Crippen molar-refractivity contribution in [3.8, 4) is 0 Å². The SMILES string of the molecule is CCOC(=O)C1Cc2ccccc2N[C@@H]1C. The van der Waals surface area contributed by atoms with E-state index in [0.717, 1.165) is 12.1 Å². The Labute approximate surface area is 95.8 Å². The molecule has 0 aromatic heterocycles. The van der Waals surface area contributed by atoms with Crippen molar-refractivity contribution < 1.29 is 9.53 Å². The number of fused-ring (bicyclic) bond motifs is 1. The number of rotatable bonds is 2. The summed E-state index contributed by atoms with van der Waals surface area (Å²) in [5.74, 6) is -0.174. The number of carbonyl (C=O) groups excluding carboxylic acids is 1. The summed E-state index contributed by atoms with van der Waals surface area (Å²) in [7, 11) is 0. The van der Waals surface area contributed by atoms with Crippen LogP contribution in [0.1, 0.15) is 19.4 Å². The molecule has 2 atom stereocenters. The molecule has 1 aromatic carbocycles. The van der Waals surface area contributed by atoms with Gasteiger partial charge >= 0.3 is 5.97 Å². The van der Waals surface area contributed by atoms with Gasteiger partial charge in [0.2, 0.25) is 0 Å². The van der Waals surface area contributed by atoms with Crippen molar-refractivity contribution >= 4 is 11.7 Å². The van der Waals surface area contributed by atoms with Gasteiger partial charge in [0, 0.05) is 11.7 Å². The summed E-state index contributed by atoms with van der Waals surface area (Å²) in [5.41, 5.74) is 2.33.